The van der Waals surface area contributed by atoms with Crippen molar-refractivity contribution in [2.24, 2.45) is 16.2 Å². The summed E-state index contributed by atoms with van der Waals surface area (Å²) < 4.78 is 6.15. The zero-order valence-corrected chi connectivity index (χ0v) is 13.1. The van der Waals surface area contributed by atoms with Crippen LogP contribution in [-0.2, 0) is 4.74 Å². The Bertz CT molecular complexity index is 362. The van der Waals surface area contributed by atoms with Gasteiger partial charge in [-0.2, -0.15) is 0 Å². The fourth-order valence-corrected chi connectivity index (χ4v) is 3.22. The highest BCUT2D eigenvalue weighted by Crippen LogP contribution is 2.56. The molecule has 2 heteroatoms. The average molecular weight is 251 g/mol. The molecule has 2 nitrogen and oxygen atoms in total. The van der Waals surface area contributed by atoms with E-state index in [4.69, 9.17) is 4.74 Å². The Morgan fingerprint density at radius 3 is 2.28 bits per heavy atom. The molecule has 0 saturated carbocycles. The lowest BCUT2D eigenvalue weighted by Gasteiger charge is -2.45. The number of allylic oxidation sites excluding steroid dienone is 1. The van der Waals surface area contributed by atoms with Gasteiger partial charge in [-0.3, -0.25) is 0 Å². The van der Waals surface area contributed by atoms with Crippen molar-refractivity contribution in [1.29, 1.82) is 0 Å². The van der Waals surface area contributed by atoms with Gasteiger partial charge in [0.25, 0.3) is 0 Å². The summed E-state index contributed by atoms with van der Waals surface area (Å²) >= 11 is 0. The first-order valence-corrected chi connectivity index (χ1v) is 7.07. The van der Waals surface area contributed by atoms with Crippen LogP contribution in [0.2, 0.25) is 0 Å². The summed E-state index contributed by atoms with van der Waals surface area (Å²) in [6.45, 7) is 22.3. The molecule has 0 spiro atoms. The number of fused-ring (bicyclic) bond motifs is 1. The second-order valence-electron chi connectivity index (χ2n) is 8.15. The number of hydrogen-bond donors (Lipinski definition) is 0. The summed E-state index contributed by atoms with van der Waals surface area (Å²) in [4.78, 5) is 2.51. The molecule has 0 bridgehead atoms. The summed E-state index contributed by atoms with van der Waals surface area (Å²) in [6.07, 6.45) is 0.301. The molecule has 0 N–H and O–H groups in total. The predicted octanol–water partition coefficient (Wildman–Crippen LogP) is 3.68. The molecule has 0 radical (unpaired) electrons. The fourth-order valence-electron chi connectivity index (χ4n) is 3.22. The molecule has 2 aliphatic heterocycles. The van der Waals surface area contributed by atoms with Gasteiger partial charge >= 0.3 is 0 Å². The van der Waals surface area contributed by atoms with Crippen molar-refractivity contribution in [3.05, 3.63) is 12.3 Å². The maximum absolute atomic E-state index is 6.15. The molecule has 2 unspecified atom stereocenters. The first-order valence-electron chi connectivity index (χ1n) is 7.07. The smallest absolute Gasteiger partial charge is 0.0799 e. The average Bonchev–Trinajstić information content (AvgIpc) is 2.37. The van der Waals surface area contributed by atoms with Crippen molar-refractivity contribution in [3.63, 3.8) is 0 Å². The number of morpholine rings is 1. The number of rotatable bonds is 0. The molecule has 2 rings (SSSR count). The van der Waals surface area contributed by atoms with Crippen LogP contribution in [0.15, 0.2) is 12.3 Å². The number of hydrogen-bond acceptors (Lipinski definition) is 2. The molecule has 2 aliphatic rings. The van der Waals surface area contributed by atoms with E-state index in [0.29, 0.717) is 12.1 Å². The number of ether oxygens (including phenoxy) is 1. The van der Waals surface area contributed by atoms with Crippen molar-refractivity contribution >= 4 is 0 Å². The second kappa shape index (κ2) is 3.75. The van der Waals surface area contributed by atoms with Gasteiger partial charge in [-0.25, -0.2) is 0 Å². The summed E-state index contributed by atoms with van der Waals surface area (Å²) in [6, 6.07) is 0.471. The predicted molar refractivity (Wildman–Crippen MR) is 76.4 cm³/mol. The SMILES string of the molecule is C=C1N2CC(C(C)(C)C)OCC2C(C)(C)C1(C)C. The molecule has 0 aromatic heterocycles. The Morgan fingerprint density at radius 2 is 1.78 bits per heavy atom. The molecule has 104 valence electrons. The van der Waals surface area contributed by atoms with Gasteiger partial charge in [0, 0.05) is 17.7 Å². The molecule has 2 saturated heterocycles. The van der Waals surface area contributed by atoms with E-state index >= 15 is 0 Å². The fraction of sp³-hybridized carbons (Fsp3) is 0.875. The first kappa shape index (κ1) is 13.9. The van der Waals surface area contributed by atoms with Crippen LogP contribution < -0.4 is 0 Å². The van der Waals surface area contributed by atoms with E-state index in [0.717, 1.165) is 13.2 Å². The third-order valence-electron chi connectivity index (χ3n) is 5.67. The summed E-state index contributed by atoms with van der Waals surface area (Å²) in [7, 11) is 0. The normalized spacial score (nSPS) is 34.6. The largest absolute Gasteiger partial charge is 0.374 e. The quantitative estimate of drug-likeness (QED) is 0.651. The summed E-state index contributed by atoms with van der Waals surface area (Å²) in [5.74, 6) is 0. The van der Waals surface area contributed by atoms with Crippen LogP contribution in [0.5, 0.6) is 0 Å². The van der Waals surface area contributed by atoms with Crippen LogP contribution in [0.4, 0.5) is 0 Å². The highest BCUT2D eigenvalue weighted by atomic mass is 16.5. The van der Waals surface area contributed by atoms with Crippen LogP contribution in [0.3, 0.4) is 0 Å². The van der Waals surface area contributed by atoms with Gasteiger partial charge in [0.15, 0.2) is 0 Å². The summed E-state index contributed by atoms with van der Waals surface area (Å²) in [5, 5.41) is 0. The van der Waals surface area contributed by atoms with E-state index < -0.39 is 0 Å². The van der Waals surface area contributed by atoms with E-state index in [2.05, 4.69) is 59.9 Å². The molecule has 2 fully saturated rings. The maximum atomic E-state index is 6.15. The molecule has 18 heavy (non-hydrogen) atoms. The third-order valence-corrected chi connectivity index (χ3v) is 5.67. The second-order valence-corrected chi connectivity index (χ2v) is 8.15. The molecule has 2 heterocycles. The minimum absolute atomic E-state index is 0.147. The van der Waals surface area contributed by atoms with Crippen molar-refractivity contribution in [2.45, 2.75) is 60.6 Å². The van der Waals surface area contributed by atoms with Gasteiger partial charge in [-0.15, -0.1) is 0 Å². The Hall–Kier alpha value is -0.500. The Labute approximate surface area is 112 Å². The van der Waals surface area contributed by atoms with Crippen LogP contribution in [0, 0.1) is 16.2 Å². The van der Waals surface area contributed by atoms with Crippen molar-refractivity contribution in [1.82, 2.24) is 4.90 Å². The molecule has 0 aromatic rings. The van der Waals surface area contributed by atoms with Gasteiger partial charge < -0.3 is 9.64 Å². The summed E-state index contributed by atoms with van der Waals surface area (Å²) in [5.41, 5.74) is 1.85. The molecular weight excluding hydrogens is 222 g/mol. The van der Waals surface area contributed by atoms with Crippen molar-refractivity contribution < 1.29 is 4.74 Å². The molecule has 0 amide bonds. The van der Waals surface area contributed by atoms with Crippen molar-refractivity contribution in [3.8, 4) is 0 Å². The zero-order chi connectivity index (χ0) is 13.9. The monoisotopic (exact) mass is 251 g/mol. The van der Waals surface area contributed by atoms with E-state index in [-0.39, 0.29) is 16.2 Å². The standard InChI is InChI=1S/C16H29NO/c1-11-15(5,6)16(7,8)12-10-18-13(9-17(11)12)14(2,3)4/h12-13H,1,9-10H2,2-8H3. The lowest BCUT2D eigenvalue weighted by atomic mass is 9.66. The van der Waals surface area contributed by atoms with Gasteiger partial charge in [0.2, 0.25) is 0 Å². The maximum Gasteiger partial charge on any atom is 0.0799 e. The minimum atomic E-state index is 0.147. The van der Waals surface area contributed by atoms with E-state index in [9.17, 15) is 0 Å². The van der Waals surface area contributed by atoms with E-state index in [1.54, 1.807) is 0 Å². The molecule has 2 atom stereocenters. The Morgan fingerprint density at radius 1 is 1.22 bits per heavy atom. The molecular formula is C16H29NO. The van der Waals surface area contributed by atoms with Crippen LogP contribution >= 0.6 is 0 Å². The van der Waals surface area contributed by atoms with Gasteiger partial charge in [-0.1, -0.05) is 55.0 Å². The topological polar surface area (TPSA) is 12.5 Å². The third kappa shape index (κ3) is 1.72. The highest BCUT2D eigenvalue weighted by molar-refractivity contribution is 5.24. The van der Waals surface area contributed by atoms with Gasteiger partial charge in [0.05, 0.1) is 18.8 Å². The first-order chi connectivity index (χ1) is 7.99. The lowest BCUT2D eigenvalue weighted by Crippen LogP contribution is -2.53. The zero-order valence-electron chi connectivity index (χ0n) is 13.1. The van der Waals surface area contributed by atoms with E-state index in [1.807, 2.05) is 0 Å². The van der Waals surface area contributed by atoms with Gasteiger partial charge in [-0.05, 0) is 10.8 Å². The van der Waals surface area contributed by atoms with E-state index in [1.165, 1.54) is 5.70 Å². The minimum Gasteiger partial charge on any atom is -0.374 e. The lowest BCUT2D eigenvalue weighted by molar-refractivity contribution is -0.106. The molecule has 0 aromatic carbocycles. The number of nitrogens with zero attached hydrogens (tertiary/aromatic N) is 1. The Kier molecular flexibility index (Phi) is 2.90. The van der Waals surface area contributed by atoms with Gasteiger partial charge in [0.1, 0.15) is 0 Å². The Balaban J connectivity index is 2.28. The molecule has 0 aliphatic carbocycles. The van der Waals surface area contributed by atoms with Crippen molar-refractivity contribution in [2.75, 3.05) is 13.2 Å². The van der Waals surface area contributed by atoms with Crippen LogP contribution in [0.25, 0.3) is 0 Å². The van der Waals surface area contributed by atoms with Crippen LogP contribution in [0.1, 0.15) is 48.5 Å². The highest BCUT2D eigenvalue weighted by Gasteiger charge is 2.57. The van der Waals surface area contributed by atoms with Crippen LogP contribution in [-0.4, -0.2) is 30.2 Å².